The number of carbonyl (C=O) groups is 2. The summed E-state index contributed by atoms with van der Waals surface area (Å²) in [7, 11) is 1.31. The molecular formula is C21H20N2O3. The van der Waals surface area contributed by atoms with Gasteiger partial charge in [-0.2, -0.15) is 0 Å². The zero-order valence-corrected chi connectivity index (χ0v) is 14.4. The molecule has 0 bridgehead atoms. The highest BCUT2D eigenvalue weighted by Gasteiger charge is 2.23. The minimum Gasteiger partial charge on any atom is -0.467 e. The summed E-state index contributed by atoms with van der Waals surface area (Å²) in [6, 6.07) is 19.5. The number of nitrogen functional groups attached to an aromatic ring is 1. The monoisotopic (exact) mass is 348 g/mol. The lowest BCUT2D eigenvalue weighted by atomic mass is 10.0. The van der Waals surface area contributed by atoms with E-state index in [1.165, 1.54) is 7.11 Å². The summed E-state index contributed by atoms with van der Waals surface area (Å²) in [4.78, 5) is 25.0. The Labute approximate surface area is 151 Å². The van der Waals surface area contributed by atoms with Gasteiger partial charge in [0, 0.05) is 23.1 Å². The van der Waals surface area contributed by atoms with E-state index in [1.807, 2.05) is 54.6 Å². The summed E-state index contributed by atoms with van der Waals surface area (Å²) >= 11 is 0. The Morgan fingerprint density at radius 1 is 0.962 bits per heavy atom. The fraction of sp³-hybridized carbons (Fsp3) is 0.143. The average molecular weight is 348 g/mol. The zero-order chi connectivity index (χ0) is 18.5. The predicted molar refractivity (Wildman–Crippen MR) is 102 cm³/mol. The van der Waals surface area contributed by atoms with Crippen LogP contribution < -0.4 is 11.1 Å². The van der Waals surface area contributed by atoms with E-state index >= 15 is 0 Å². The standard InChI is InChI=1S/C21H20N2O3/c1-26-21(25)19(13-14-7-3-2-4-8-14)23-20(24)17-11-12-18(22)16-10-6-5-9-15(16)17/h2-12,19H,13,22H2,1H3,(H,23,24)/t19-/m1/s1. The second-order valence-electron chi connectivity index (χ2n) is 5.99. The van der Waals surface area contributed by atoms with E-state index in [-0.39, 0.29) is 5.91 Å². The molecule has 26 heavy (non-hydrogen) atoms. The number of esters is 1. The molecule has 0 unspecified atom stereocenters. The Kier molecular flexibility index (Phi) is 5.17. The van der Waals surface area contributed by atoms with Gasteiger partial charge in [0.1, 0.15) is 6.04 Å². The normalized spacial score (nSPS) is 11.7. The molecule has 1 atom stereocenters. The molecule has 0 aliphatic carbocycles. The SMILES string of the molecule is COC(=O)[C@@H](Cc1ccccc1)NC(=O)c1ccc(N)c2ccccc12. The van der Waals surface area contributed by atoms with E-state index in [1.54, 1.807) is 12.1 Å². The van der Waals surface area contributed by atoms with Gasteiger partial charge in [-0.3, -0.25) is 4.79 Å². The van der Waals surface area contributed by atoms with E-state index in [4.69, 9.17) is 10.5 Å². The highest BCUT2D eigenvalue weighted by atomic mass is 16.5. The van der Waals surface area contributed by atoms with E-state index in [0.717, 1.165) is 16.3 Å². The quantitative estimate of drug-likeness (QED) is 0.549. The molecule has 0 heterocycles. The van der Waals surface area contributed by atoms with Crippen molar-refractivity contribution in [3.8, 4) is 0 Å². The van der Waals surface area contributed by atoms with Gasteiger partial charge >= 0.3 is 5.97 Å². The van der Waals surface area contributed by atoms with Crippen molar-refractivity contribution in [3.05, 3.63) is 77.9 Å². The Morgan fingerprint density at radius 2 is 1.62 bits per heavy atom. The van der Waals surface area contributed by atoms with Crippen molar-refractivity contribution in [2.75, 3.05) is 12.8 Å². The van der Waals surface area contributed by atoms with Gasteiger partial charge in [0.25, 0.3) is 5.91 Å². The lowest BCUT2D eigenvalue weighted by molar-refractivity contribution is -0.142. The maximum Gasteiger partial charge on any atom is 0.328 e. The highest BCUT2D eigenvalue weighted by Crippen LogP contribution is 2.24. The van der Waals surface area contributed by atoms with Gasteiger partial charge in [-0.15, -0.1) is 0 Å². The zero-order valence-electron chi connectivity index (χ0n) is 14.4. The van der Waals surface area contributed by atoms with Crippen molar-refractivity contribution in [2.45, 2.75) is 12.5 Å². The van der Waals surface area contributed by atoms with Crippen LogP contribution in [-0.4, -0.2) is 25.0 Å². The van der Waals surface area contributed by atoms with Crippen molar-refractivity contribution in [3.63, 3.8) is 0 Å². The number of ether oxygens (including phenoxy) is 1. The lowest BCUT2D eigenvalue weighted by Crippen LogP contribution is -2.43. The fourth-order valence-corrected chi connectivity index (χ4v) is 2.94. The molecule has 0 aromatic heterocycles. The third-order valence-electron chi connectivity index (χ3n) is 4.28. The summed E-state index contributed by atoms with van der Waals surface area (Å²) in [6.45, 7) is 0. The molecule has 1 amide bonds. The number of methoxy groups -OCH3 is 1. The third-order valence-corrected chi connectivity index (χ3v) is 4.28. The smallest absolute Gasteiger partial charge is 0.328 e. The Bertz CT molecular complexity index is 938. The summed E-state index contributed by atoms with van der Waals surface area (Å²) in [5.41, 5.74) is 8.00. The minimum absolute atomic E-state index is 0.340. The number of benzene rings is 3. The molecule has 0 fully saturated rings. The maximum absolute atomic E-state index is 12.8. The fourth-order valence-electron chi connectivity index (χ4n) is 2.94. The van der Waals surface area contributed by atoms with Gasteiger partial charge in [0.15, 0.2) is 0 Å². The Hall–Kier alpha value is -3.34. The van der Waals surface area contributed by atoms with Gasteiger partial charge in [0.2, 0.25) is 0 Å². The molecule has 0 saturated carbocycles. The Morgan fingerprint density at radius 3 is 2.31 bits per heavy atom. The van der Waals surface area contributed by atoms with Gasteiger partial charge in [-0.1, -0.05) is 54.6 Å². The van der Waals surface area contributed by atoms with Gasteiger partial charge in [-0.25, -0.2) is 4.79 Å². The van der Waals surface area contributed by atoms with Crippen LogP contribution in [0.2, 0.25) is 0 Å². The molecule has 5 nitrogen and oxygen atoms in total. The summed E-state index contributed by atoms with van der Waals surface area (Å²) in [5.74, 6) is -0.825. The summed E-state index contributed by atoms with van der Waals surface area (Å²) < 4.78 is 4.85. The third kappa shape index (κ3) is 3.67. The maximum atomic E-state index is 12.8. The van der Waals surface area contributed by atoms with Crippen molar-refractivity contribution >= 4 is 28.3 Å². The number of rotatable bonds is 5. The van der Waals surface area contributed by atoms with Crippen LogP contribution in [0.5, 0.6) is 0 Å². The number of anilines is 1. The van der Waals surface area contributed by atoms with Crippen molar-refractivity contribution in [2.24, 2.45) is 0 Å². The molecule has 3 aromatic rings. The van der Waals surface area contributed by atoms with Crippen molar-refractivity contribution < 1.29 is 14.3 Å². The number of nitrogens with two attached hydrogens (primary N) is 1. The van der Waals surface area contributed by atoms with Gasteiger partial charge < -0.3 is 15.8 Å². The molecule has 132 valence electrons. The first-order chi connectivity index (χ1) is 12.6. The average Bonchev–Trinajstić information content (AvgIpc) is 2.68. The topological polar surface area (TPSA) is 81.4 Å². The molecule has 0 radical (unpaired) electrons. The van der Waals surface area contributed by atoms with Crippen molar-refractivity contribution in [1.29, 1.82) is 0 Å². The highest BCUT2D eigenvalue weighted by molar-refractivity contribution is 6.10. The number of nitrogens with one attached hydrogen (secondary N) is 1. The molecule has 0 saturated heterocycles. The molecule has 0 aliphatic heterocycles. The molecule has 3 aromatic carbocycles. The second kappa shape index (κ2) is 7.70. The second-order valence-corrected chi connectivity index (χ2v) is 5.99. The molecule has 3 N–H and O–H groups in total. The van der Waals surface area contributed by atoms with E-state index < -0.39 is 12.0 Å². The van der Waals surface area contributed by atoms with Gasteiger partial charge in [-0.05, 0) is 23.1 Å². The first-order valence-electron chi connectivity index (χ1n) is 8.30. The number of amides is 1. The van der Waals surface area contributed by atoms with Crippen LogP contribution in [0.25, 0.3) is 10.8 Å². The lowest BCUT2D eigenvalue weighted by Gasteiger charge is -2.17. The minimum atomic E-state index is -0.772. The van der Waals surface area contributed by atoms with E-state index in [2.05, 4.69) is 5.32 Å². The summed E-state index contributed by atoms with van der Waals surface area (Å²) in [5, 5.41) is 4.34. The number of hydrogen-bond acceptors (Lipinski definition) is 4. The molecule has 0 spiro atoms. The molecule has 3 rings (SSSR count). The predicted octanol–water partition coefficient (Wildman–Crippen LogP) is 2.94. The molecule has 0 aliphatic rings. The van der Waals surface area contributed by atoms with Crippen LogP contribution in [0, 0.1) is 0 Å². The first kappa shape index (κ1) is 17.5. The van der Waals surface area contributed by atoms with Crippen molar-refractivity contribution in [1.82, 2.24) is 5.32 Å². The largest absolute Gasteiger partial charge is 0.467 e. The molecular weight excluding hydrogens is 328 g/mol. The van der Waals surface area contributed by atoms with Crippen LogP contribution in [0.15, 0.2) is 66.7 Å². The van der Waals surface area contributed by atoms with Crippen LogP contribution in [-0.2, 0) is 16.0 Å². The number of carbonyl (C=O) groups excluding carboxylic acids is 2. The number of hydrogen-bond donors (Lipinski definition) is 2. The Balaban J connectivity index is 1.89. The van der Waals surface area contributed by atoms with Crippen LogP contribution >= 0.6 is 0 Å². The summed E-state index contributed by atoms with van der Waals surface area (Å²) in [6.07, 6.45) is 0.353. The number of fused-ring (bicyclic) bond motifs is 1. The van der Waals surface area contributed by atoms with Crippen LogP contribution in [0.4, 0.5) is 5.69 Å². The molecule has 5 heteroatoms. The van der Waals surface area contributed by atoms with E-state index in [0.29, 0.717) is 17.7 Å². The van der Waals surface area contributed by atoms with Gasteiger partial charge in [0.05, 0.1) is 7.11 Å². The van der Waals surface area contributed by atoms with Crippen LogP contribution in [0.3, 0.4) is 0 Å². The first-order valence-corrected chi connectivity index (χ1v) is 8.30. The van der Waals surface area contributed by atoms with E-state index in [9.17, 15) is 9.59 Å². The van der Waals surface area contributed by atoms with Crippen LogP contribution in [0.1, 0.15) is 15.9 Å².